The molecule has 0 saturated heterocycles. The van der Waals surface area contributed by atoms with Crippen LogP contribution in [0, 0.1) is 12.1 Å². The van der Waals surface area contributed by atoms with Gasteiger partial charge in [-0.25, -0.2) is 0 Å². The van der Waals surface area contributed by atoms with E-state index in [1.807, 2.05) is 36.4 Å². The highest BCUT2D eigenvalue weighted by molar-refractivity contribution is 5.76. The van der Waals surface area contributed by atoms with Gasteiger partial charge in [0.2, 0.25) is 0 Å². The highest BCUT2D eigenvalue weighted by Crippen LogP contribution is 2.29. The fourth-order valence-corrected chi connectivity index (χ4v) is 2.90. The van der Waals surface area contributed by atoms with E-state index in [1.54, 1.807) is 0 Å². The number of hydrogen-bond donors (Lipinski definition) is 0. The van der Waals surface area contributed by atoms with Gasteiger partial charge in [0.1, 0.15) is 0 Å². The molecule has 0 unspecified atom stereocenters. The second-order valence-corrected chi connectivity index (χ2v) is 5.75. The fourth-order valence-electron chi connectivity index (χ4n) is 2.90. The lowest BCUT2D eigenvalue weighted by molar-refractivity contribution is 1.57. The number of hydrogen-bond acceptors (Lipinski definition) is 0. The summed E-state index contributed by atoms with van der Waals surface area (Å²) in [7, 11) is 0. The van der Waals surface area contributed by atoms with Crippen LogP contribution in [0.4, 0.5) is 0 Å². The van der Waals surface area contributed by atoms with Gasteiger partial charge in [-0.05, 0) is 69.8 Å². The van der Waals surface area contributed by atoms with Gasteiger partial charge in [-0.3, -0.25) is 0 Å². The maximum absolute atomic E-state index is 3.15. The molecule has 0 heterocycles. The normalized spacial score (nSPS) is 10.5. The van der Waals surface area contributed by atoms with Gasteiger partial charge in [-0.15, -0.1) is 0 Å². The monoisotopic (exact) mass is 304 g/mol. The highest BCUT2D eigenvalue weighted by Gasteiger charge is 2.03. The van der Waals surface area contributed by atoms with E-state index in [0.29, 0.717) is 0 Å². The van der Waals surface area contributed by atoms with E-state index < -0.39 is 0 Å². The van der Waals surface area contributed by atoms with E-state index in [4.69, 9.17) is 0 Å². The van der Waals surface area contributed by atoms with Crippen LogP contribution in [0.15, 0.2) is 97.1 Å². The van der Waals surface area contributed by atoms with Crippen molar-refractivity contribution in [1.82, 2.24) is 0 Å². The predicted octanol–water partition coefficient (Wildman–Crippen LogP) is 6.29. The lowest BCUT2D eigenvalue weighted by atomic mass is 9.96. The molecule has 0 aliphatic rings. The lowest BCUT2D eigenvalue weighted by Crippen LogP contribution is -1.83. The third kappa shape index (κ3) is 3.00. The van der Waals surface area contributed by atoms with Crippen LogP contribution in [0.5, 0.6) is 0 Å². The molecule has 0 nitrogen and oxygen atoms in total. The molecule has 4 rings (SSSR count). The molecule has 0 bridgehead atoms. The van der Waals surface area contributed by atoms with Crippen molar-refractivity contribution >= 4 is 0 Å². The molecule has 0 aliphatic carbocycles. The molecule has 4 aromatic carbocycles. The summed E-state index contributed by atoms with van der Waals surface area (Å²) in [6.45, 7) is 0. The van der Waals surface area contributed by atoms with E-state index in [-0.39, 0.29) is 0 Å². The van der Waals surface area contributed by atoms with Crippen molar-refractivity contribution in [2.45, 2.75) is 0 Å². The second-order valence-electron chi connectivity index (χ2n) is 5.75. The van der Waals surface area contributed by atoms with Gasteiger partial charge in [0, 0.05) is 0 Å². The summed E-state index contributed by atoms with van der Waals surface area (Å²) in [6.07, 6.45) is 0. The summed E-state index contributed by atoms with van der Waals surface area (Å²) in [5, 5.41) is 0. The average molecular weight is 304 g/mol. The molecule has 0 heteroatoms. The van der Waals surface area contributed by atoms with Crippen LogP contribution in [-0.4, -0.2) is 0 Å². The van der Waals surface area contributed by atoms with Crippen LogP contribution in [0.3, 0.4) is 0 Å². The molecule has 24 heavy (non-hydrogen) atoms. The zero-order valence-electron chi connectivity index (χ0n) is 13.2. The number of rotatable bonds is 3. The van der Waals surface area contributed by atoms with Crippen molar-refractivity contribution in [3.8, 4) is 33.4 Å². The Bertz CT molecular complexity index is 857. The van der Waals surface area contributed by atoms with Crippen molar-refractivity contribution in [3.05, 3.63) is 109 Å². The van der Waals surface area contributed by atoms with E-state index in [9.17, 15) is 0 Å². The van der Waals surface area contributed by atoms with E-state index in [2.05, 4.69) is 72.8 Å². The first-order valence-corrected chi connectivity index (χ1v) is 8.04. The Hall–Kier alpha value is -3.12. The molecule has 0 atom stereocenters. The third-order valence-corrected chi connectivity index (χ3v) is 4.14. The fraction of sp³-hybridized carbons (Fsp3) is 0. The smallest absolute Gasteiger partial charge is 0.0178 e. The topological polar surface area (TPSA) is 0 Å². The van der Waals surface area contributed by atoms with Crippen molar-refractivity contribution < 1.29 is 0 Å². The van der Waals surface area contributed by atoms with Crippen LogP contribution in [0.25, 0.3) is 33.4 Å². The zero-order valence-corrected chi connectivity index (χ0v) is 13.2. The van der Waals surface area contributed by atoms with Gasteiger partial charge >= 0.3 is 0 Å². The molecular weight excluding hydrogens is 288 g/mol. The maximum Gasteiger partial charge on any atom is -0.0178 e. The van der Waals surface area contributed by atoms with Crippen LogP contribution in [0.1, 0.15) is 0 Å². The summed E-state index contributed by atoms with van der Waals surface area (Å²) in [5.41, 5.74) is 7.24. The minimum absolute atomic E-state index is 1.19. The van der Waals surface area contributed by atoms with E-state index in [1.165, 1.54) is 33.4 Å². The summed E-state index contributed by atoms with van der Waals surface area (Å²) in [4.78, 5) is 0. The van der Waals surface area contributed by atoms with Crippen molar-refractivity contribution in [2.75, 3.05) is 0 Å². The molecular formula is C24H16. The largest absolute Gasteiger partial charge is 0.0610 e. The average Bonchev–Trinajstić information content (AvgIpc) is 2.70. The Labute approximate surface area is 143 Å². The van der Waals surface area contributed by atoms with Crippen LogP contribution < -0.4 is 0 Å². The van der Waals surface area contributed by atoms with Crippen LogP contribution in [-0.2, 0) is 0 Å². The molecule has 0 N–H and O–H groups in total. The van der Waals surface area contributed by atoms with Crippen molar-refractivity contribution in [1.29, 1.82) is 0 Å². The third-order valence-electron chi connectivity index (χ3n) is 4.14. The molecule has 0 spiro atoms. The second kappa shape index (κ2) is 6.55. The molecule has 4 aromatic rings. The Kier molecular flexibility index (Phi) is 3.95. The first kappa shape index (κ1) is 14.5. The minimum atomic E-state index is 1.19. The lowest BCUT2D eigenvalue weighted by Gasteiger charge is -2.08. The van der Waals surface area contributed by atoms with Gasteiger partial charge in [0.05, 0.1) is 0 Å². The van der Waals surface area contributed by atoms with Crippen molar-refractivity contribution in [3.63, 3.8) is 0 Å². The van der Waals surface area contributed by atoms with Gasteiger partial charge in [-0.2, -0.15) is 0 Å². The molecule has 0 aliphatic heterocycles. The Morgan fingerprint density at radius 3 is 1.17 bits per heavy atom. The molecule has 112 valence electrons. The summed E-state index contributed by atoms with van der Waals surface area (Å²) in [5.74, 6) is 0. The molecule has 2 radical (unpaired) electrons. The quantitative estimate of drug-likeness (QED) is 0.417. The maximum atomic E-state index is 3.15. The first-order valence-electron chi connectivity index (χ1n) is 8.04. The Morgan fingerprint density at radius 1 is 0.417 bits per heavy atom. The van der Waals surface area contributed by atoms with E-state index in [0.717, 1.165) is 0 Å². The number of benzene rings is 4. The molecule has 0 amide bonds. The summed E-state index contributed by atoms with van der Waals surface area (Å²) < 4.78 is 0. The molecule has 0 aromatic heterocycles. The Morgan fingerprint density at radius 2 is 0.792 bits per heavy atom. The van der Waals surface area contributed by atoms with Crippen LogP contribution >= 0.6 is 0 Å². The standard InChI is InChI=1S/C24H16/c1-3-9-19(10-4-1)21-13-7-15-23(17-21)24-16-8-14-22(18-24)20-11-5-2-6-12-20/h1-3,5,7-18H. The summed E-state index contributed by atoms with van der Waals surface area (Å²) in [6, 6.07) is 39.8. The van der Waals surface area contributed by atoms with Crippen LogP contribution in [0.2, 0.25) is 0 Å². The first-order chi connectivity index (χ1) is 11.9. The predicted molar refractivity (Wildman–Crippen MR) is 100 cm³/mol. The SMILES string of the molecule is [c]1cccc(-c2cccc(-c3cccc(-c4c[c]ccc4)c3)c2)c1. The molecule has 0 fully saturated rings. The van der Waals surface area contributed by atoms with Gasteiger partial charge in [0.25, 0.3) is 0 Å². The van der Waals surface area contributed by atoms with Crippen molar-refractivity contribution in [2.24, 2.45) is 0 Å². The minimum Gasteiger partial charge on any atom is -0.0610 e. The molecule has 0 saturated carbocycles. The zero-order chi connectivity index (χ0) is 16.2. The van der Waals surface area contributed by atoms with Gasteiger partial charge < -0.3 is 0 Å². The summed E-state index contributed by atoms with van der Waals surface area (Å²) >= 11 is 0. The van der Waals surface area contributed by atoms with Gasteiger partial charge in [0.15, 0.2) is 0 Å². The Balaban J connectivity index is 1.75. The highest BCUT2D eigenvalue weighted by atomic mass is 14.1. The van der Waals surface area contributed by atoms with E-state index >= 15 is 0 Å². The van der Waals surface area contributed by atoms with Gasteiger partial charge in [-0.1, -0.05) is 72.8 Å².